The van der Waals surface area contributed by atoms with Crippen LogP contribution in [0.2, 0.25) is 0 Å². The van der Waals surface area contributed by atoms with Crippen LogP contribution in [0.1, 0.15) is 5.82 Å². The number of hydrogen-bond donors (Lipinski definition) is 1. The number of hydrogen-bond acceptors (Lipinski definition) is 3. The molecule has 0 radical (unpaired) electrons. The SMILES string of the molecule is Cc1noc(=O)[nH]1.[K+]. The number of aromatic nitrogens is 2. The minimum Gasteiger partial charge on any atom is -0.296 e. The van der Waals surface area contributed by atoms with Crippen LogP contribution in [0.15, 0.2) is 9.32 Å². The van der Waals surface area contributed by atoms with E-state index in [1.54, 1.807) is 6.92 Å². The number of H-pyrrole nitrogens is 1. The molecule has 0 saturated carbocycles. The van der Waals surface area contributed by atoms with Crippen LogP contribution in [0.25, 0.3) is 0 Å². The second-order valence-corrected chi connectivity index (χ2v) is 1.18. The van der Waals surface area contributed by atoms with Crippen molar-refractivity contribution >= 4 is 0 Å². The molecule has 0 unspecified atom stereocenters. The first-order valence-electron chi connectivity index (χ1n) is 1.81. The van der Waals surface area contributed by atoms with Crippen molar-refractivity contribution in [2.75, 3.05) is 0 Å². The van der Waals surface area contributed by atoms with E-state index in [-0.39, 0.29) is 51.4 Å². The van der Waals surface area contributed by atoms with E-state index in [0.717, 1.165) is 0 Å². The summed E-state index contributed by atoms with van der Waals surface area (Å²) in [7, 11) is 0. The second kappa shape index (κ2) is 3.57. The molecule has 0 bridgehead atoms. The summed E-state index contributed by atoms with van der Waals surface area (Å²) < 4.78 is 4.10. The Morgan fingerprint density at radius 2 is 2.38 bits per heavy atom. The third-order valence-electron chi connectivity index (χ3n) is 0.548. The van der Waals surface area contributed by atoms with Crippen LogP contribution in [0.3, 0.4) is 0 Å². The van der Waals surface area contributed by atoms with Crippen molar-refractivity contribution < 1.29 is 55.9 Å². The fourth-order valence-corrected chi connectivity index (χ4v) is 0.303. The molecule has 1 aromatic heterocycles. The van der Waals surface area contributed by atoms with Gasteiger partial charge in [0.25, 0.3) is 0 Å². The van der Waals surface area contributed by atoms with Crippen molar-refractivity contribution in [3.05, 3.63) is 16.4 Å². The quantitative estimate of drug-likeness (QED) is 0.383. The van der Waals surface area contributed by atoms with Gasteiger partial charge in [-0.2, -0.15) is 0 Å². The van der Waals surface area contributed by atoms with Crippen LogP contribution in [0.4, 0.5) is 0 Å². The van der Waals surface area contributed by atoms with Gasteiger partial charge >= 0.3 is 57.1 Å². The molecule has 0 amide bonds. The van der Waals surface area contributed by atoms with Crippen molar-refractivity contribution in [3.8, 4) is 0 Å². The summed E-state index contributed by atoms with van der Waals surface area (Å²) >= 11 is 0. The predicted molar refractivity (Wildman–Crippen MR) is 21.9 cm³/mol. The van der Waals surface area contributed by atoms with E-state index < -0.39 is 5.76 Å². The number of rotatable bonds is 0. The van der Waals surface area contributed by atoms with Gasteiger partial charge in [-0.15, -0.1) is 0 Å². The van der Waals surface area contributed by atoms with Crippen LogP contribution in [0, 0.1) is 6.92 Å². The van der Waals surface area contributed by atoms with Gasteiger partial charge in [0.05, 0.1) is 0 Å². The minimum absolute atomic E-state index is 0. The molecule has 1 N–H and O–H groups in total. The largest absolute Gasteiger partial charge is 1.00 e. The summed E-state index contributed by atoms with van der Waals surface area (Å²) in [5.41, 5.74) is 0. The summed E-state index contributed by atoms with van der Waals surface area (Å²) in [6.07, 6.45) is 0. The molecular formula is C3H4KN2O2+. The summed E-state index contributed by atoms with van der Waals surface area (Å²) in [6.45, 7) is 1.64. The zero-order chi connectivity index (χ0) is 5.28. The Labute approximate surface area is 88.1 Å². The fraction of sp³-hybridized carbons (Fsp3) is 0.333. The normalized spacial score (nSPS) is 8.12. The van der Waals surface area contributed by atoms with Gasteiger partial charge in [-0.05, 0) is 6.92 Å². The van der Waals surface area contributed by atoms with Gasteiger partial charge in [-0.1, -0.05) is 5.16 Å². The molecule has 1 heterocycles. The molecule has 0 fully saturated rings. The van der Waals surface area contributed by atoms with E-state index in [0.29, 0.717) is 5.82 Å². The van der Waals surface area contributed by atoms with Crippen LogP contribution in [0.5, 0.6) is 0 Å². The van der Waals surface area contributed by atoms with Crippen LogP contribution in [-0.2, 0) is 0 Å². The summed E-state index contributed by atoms with van der Waals surface area (Å²) in [5.74, 6) is 0.00231. The average Bonchev–Trinajstić information content (AvgIpc) is 1.87. The van der Waals surface area contributed by atoms with Gasteiger partial charge in [0.15, 0.2) is 0 Å². The molecule has 8 heavy (non-hydrogen) atoms. The van der Waals surface area contributed by atoms with Gasteiger partial charge in [-0.3, -0.25) is 9.51 Å². The van der Waals surface area contributed by atoms with Gasteiger partial charge in [0.2, 0.25) is 0 Å². The maximum absolute atomic E-state index is 10.0. The second-order valence-electron chi connectivity index (χ2n) is 1.18. The van der Waals surface area contributed by atoms with Gasteiger partial charge < -0.3 is 0 Å². The Bertz CT molecular complexity index is 203. The van der Waals surface area contributed by atoms with E-state index in [2.05, 4.69) is 14.7 Å². The molecule has 4 nitrogen and oxygen atoms in total. The van der Waals surface area contributed by atoms with E-state index in [4.69, 9.17) is 0 Å². The summed E-state index contributed by atoms with van der Waals surface area (Å²) in [4.78, 5) is 12.3. The number of nitrogens with zero attached hydrogens (tertiary/aromatic N) is 1. The van der Waals surface area contributed by atoms with Crippen LogP contribution < -0.4 is 57.1 Å². The maximum Gasteiger partial charge on any atom is 1.00 e. The molecule has 0 spiro atoms. The first-order valence-corrected chi connectivity index (χ1v) is 1.81. The first-order chi connectivity index (χ1) is 3.29. The topological polar surface area (TPSA) is 58.9 Å². The van der Waals surface area contributed by atoms with Gasteiger partial charge in [-0.25, -0.2) is 4.79 Å². The van der Waals surface area contributed by atoms with E-state index >= 15 is 0 Å². The van der Waals surface area contributed by atoms with Crippen molar-refractivity contribution in [3.63, 3.8) is 0 Å². The zero-order valence-corrected chi connectivity index (χ0v) is 7.89. The molecule has 0 aliphatic carbocycles. The fourth-order valence-electron chi connectivity index (χ4n) is 0.303. The Morgan fingerprint density at radius 1 is 1.75 bits per heavy atom. The molecule has 0 saturated heterocycles. The molecule has 0 aliphatic rings. The first kappa shape index (κ1) is 8.58. The Balaban J connectivity index is 0.000000490. The molecule has 1 rings (SSSR count). The molecule has 1 aromatic rings. The van der Waals surface area contributed by atoms with Crippen molar-refractivity contribution in [1.82, 2.24) is 10.1 Å². The maximum atomic E-state index is 10.0. The monoisotopic (exact) mass is 139 g/mol. The number of aryl methyl sites for hydroxylation is 1. The smallest absolute Gasteiger partial charge is 0.296 e. The van der Waals surface area contributed by atoms with Crippen molar-refractivity contribution in [1.29, 1.82) is 0 Å². The summed E-state index contributed by atoms with van der Waals surface area (Å²) in [5, 5.41) is 3.27. The Morgan fingerprint density at radius 3 is 2.50 bits per heavy atom. The Hall–Kier alpha value is 0.576. The molecule has 0 aliphatic heterocycles. The number of aromatic amines is 1. The third kappa shape index (κ3) is 2.23. The van der Waals surface area contributed by atoms with Gasteiger partial charge in [0.1, 0.15) is 5.82 Å². The van der Waals surface area contributed by atoms with E-state index in [1.807, 2.05) is 0 Å². The third-order valence-corrected chi connectivity index (χ3v) is 0.548. The van der Waals surface area contributed by atoms with Crippen molar-refractivity contribution in [2.45, 2.75) is 6.92 Å². The predicted octanol–water partition coefficient (Wildman–Crippen LogP) is -3.32. The minimum atomic E-state index is -0.502. The van der Waals surface area contributed by atoms with Crippen LogP contribution in [-0.4, -0.2) is 10.1 Å². The van der Waals surface area contributed by atoms with Crippen molar-refractivity contribution in [2.24, 2.45) is 0 Å². The molecule has 0 atom stereocenters. The van der Waals surface area contributed by atoms with E-state index in [9.17, 15) is 4.79 Å². The van der Waals surface area contributed by atoms with Crippen LogP contribution >= 0.6 is 0 Å². The standard InChI is InChI=1S/C3H4N2O2.K/c1-2-4-3(6)7-5-2;/h1H3,(H,4,5,6);/q;+1. The molecular weight excluding hydrogens is 135 g/mol. The molecule has 38 valence electrons. The average molecular weight is 139 g/mol. The zero-order valence-electron chi connectivity index (χ0n) is 4.76. The Kier molecular flexibility index (Phi) is 3.83. The van der Waals surface area contributed by atoms with E-state index in [1.165, 1.54) is 0 Å². The number of nitrogens with one attached hydrogen (secondary N) is 1. The van der Waals surface area contributed by atoms with Gasteiger partial charge in [0, 0.05) is 0 Å². The molecule has 0 aromatic carbocycles. The molecule has 5 heteroatoms. The summed E-state index contributed by atoms with van der Waals surface area (Å²) in [6, 6.07) is 0.